The number of hydrogen-bond acceptors (Lipinski definition) is 4. The molecule has 0 aliphatic heterocycles. The van der Waals surface area contributed by atoms with Crippen molar-refractivity contribution in [1.82, 2.24) is 4.98 Å². The van der Waals surface area contributed by atoms with Gasteiger partial charge in [0, 0.05) is 21.8 Å². The van der Waals surface area contributed by atoms with E-state index in [4.69, 9.17) is 16.2 Å². The predicted octanol–water partition coefficient (Wildman–Crippen LogP) is 5.33. The van der Waals surface area contributed by atoms with Gasteiger partial charge in [-0.3, -0.25) is 0 Å². The molecule has 140 valence electrons. The van der Waals surface area contributed by atoms with E-state index in [0.717, 1.165) is 37.9 Å². The molecule has 0 saturated heterocycles. The Labute approximate surface area is 172 Å². The van der Waals surface area contributed by atoms with E-state index in [1.807, 2.05) is 48.5 Å². The Kier molecular flexibility index (Phi) is 5.17. The number of para-hydroxylation sites is 1. The maximum atomic E-state index is 6.28. The summed E-state index contributed by atoms with van der Waals surface area (Å²) in [6.45, 7) is 0.361. The molecule has 0 bridgehead atoms. The SMILES string of the molecule is Nc1ccc(OCc2ccc3ccccc3n2)c(Cc2cccc(Br)c2)c1N. The maximum Gasteiger partial charge on any atom is 0.130 e. The lowest BCUT2D eigenvalue weighted by Gasteiger charge is -2.16. The smallest absolute Gasteiger partial charge is 0.130 e. The zero-order valence-electron chi connectivity index (χ0n) is 15.2. The van der Waals surface area contributed by atoms with Gasteiger partial charge in [0.2, 0.25) is 0 Å². The van der Waals surface area contributed by atoms with Crippen molar-refractivity contribution >= 4 is 38.2 Å². The number of nitrogen functional groups attached to an aromatic ring is 2. The minimum atomic E-state index is 0.361. The first-order chi connectivity index (χ1) is 13.6. The van der Waals surface area contributed by atoms with Crippen LogP contribution in [0.2, 0.25) is 0 Å². The first-order valence-electron chi connectivity index (χ1n) is 8.99. The third-order valence-electron chi connectivity index (χ3n) is 4.65. The van der Waals surface area contributed by atoms with Crippen molar-refractivity contribution in [2.24, 2.45) is 0 Å². The highest BCUT2D eigenvalue weighted by molar-refractivity contribution is 9.10. The van der Waals surface area contributed by atoms with Gasteiger partial charge in [0.05, 0.1) is 22.6 Å². The maximum absolute atomic E-state index is 6.28. The van der Waals surface area contributed by atoms with Crippen LogP contribution >= 0.6 is 15.9 Å². The zero-order valence-corrected chi connectivity index (χ0v) is 16.8. The Morgan fingerprint density at radius 2 is 1.75 bits per heavy atom. The summed E-state index contributed by atoms with van der Waals surface area (Å²) in [5, 5.41) is 1.11. The molecule has 0 radical (unpaired) electrons. The Balaban J connectivity index is 1.60. The van der Waals surface area contributed by atoms with Gasteiger partial charge in [0.1, 0.15) is 12.4 Å². The number of fused-ring (bicyclic) bond motifs is 1. The summed E-state index contributed by atoms with van der Waals surface area (Å²) in [6, 6.07) is 23.8. The lowest BCUT2D eigenvalue weighted by molar-refractivity contribution is 0.299. The molecule has 0 spiro atoms. The van der Waals surface area contributed by atoms with Crippen molar-refractivity contribution in [2.75, 3.05) is 11.5 Å². The van der Waals surface area contributed by atoms with Gasteiger partial charge in [-0.25, -0.2) is 4.98 Å². The number of anilines is 2. The molecule has 0 unspecified atom stereocenters. The third-order valence-corrected chi connectivity index (χ3v) is 5.14. The van der Waals surface area contributed by atoms with Crippen LogP contribution in [0.3, 0.4) is 0 Å². The highest BCUT2D eigenvalue weighted by atomic mass is 79.9. The quantitative estimate of drug-likeness (QED) is 0.417. The van der Waals surface area contributed by atoms with Crippen LogP contribution < -0.4 is 16.2 Å². The molecule has 0 saturated carbocycles. The van der Waals surface area contributed by atoms with Gasteiger partial charge in [-0.05, 0) is 42.0 Å². The van der Waals surface area contributed by atoms with Crippen molar-refractivity contribution in [3.8, 4) is 5.75 Å². The molecule has 4 rings (SSSR count). The number of hydrogen-bond donors (Lipinski definition) is 2. The molecule has 0 fully saturated rings. The predicted molar refractivity (Wildman–Crippen MR) is 118 cm³/mol. The summed E-state index contributed by atoms with van der Waals surface area (Å²) >= 11 is 3.51. The van der Waals surface area contributed by atoms with E-state index in [2.05, 4.69) is 39.1 Å². The van der Waals surface area contributed by atoms with E-state index < -0.39 is 0 Å². The van der Waals surface area contributed by atoms with Crippen molar-refractivity contribution < 1.29 is 4.74 Å². The Morgan fingerprint density at radius 3 is 2.61 bits per heavy atom. The molecule has 4 aromatic rings. The lowest BCUT2D eigenvalue weighted by Crippen LogP contribution is -2.06. The van der Waals surface area contributed by atoms with Crippen LogP contribution in [0.1, 0.15) is 16.8 Å². The normalized spacial score (nSPS) is 10.9. The van der Waals surface area contributed by atoms with Crippen LogP contribution in [0, 0.1) is 0 Å². The number of pyridine rings is 1. The second-order valence-corrected chi connectivity index (χ2v) is 7.55. The number of ether oxygens (including phenoxy) is 1. The summed E-state index contributed by atoms with van der Waals surface area (Å²) < 4.78 is 7.12. The monoisotopic (exact) mass is 433 g/mol. The van der Waals surface area contributed by atoms with Gasteiger partial charge >= 0.3 is 0 Å². The molecule has 0 atom stereocenters. The highest BCUT2D eigenvalue weighted by Crippen LogP contribution is 2.32. The molecule has 0 aliphatic rings. The van der Waals surface area contributed by atoms with E-state index >= 15 is 0 Å². The van der Waals surface area contributed by atoms with Gasteiger partial charge < -0.3 is 16.2 Å². The molecular weight excluding hydrogens is 414 g/mol. The average molecular weight is 434 g/mol. The Bertz CT molecular complexity index is 1140. The summed E-state index contributed by atoms with van der Waals surface area (Å²) in [5.74, 6) is 0.724. The third kappa shape index (κ3) is 3.94. The second-order valence-electron chi connectivity index (χ2n) is 6.64. The molecule has 4 N–H and O–H groups in total. The van der Waals surface area contributed by atoms with Crippen molar-refractivity contribution in [1.29, 1.82) is 0 Å². The van der Waals surface area contributed by atoms with Gasteiger partial charge in [0.15, 0.2) is 0 Å². The number of aromatic nitrogens is 1. The van der Waals surface area contributed by atoms with Gasteiger partial charge in [-0.15, -0.1) is 0 Å². The minimum Gasteiger partial charge on any atom is -0.487 e. The first-order valence-corrected chi connectivity index (χ1v) is 9.78. The molecule has 0 amide bonds. The fraction of sp³-hybridized carbons (Fsp3) is 0.0870. The van der Waals surface area contributed by atoms with Crippen LogP contribution in [-0.2, 0) is 13.0 Å². The standard InChI is InChI=1S/C23H20BrN3O/c24-17-6-3-4-15(12-17)13-19-22(11-10-20(25)23(19)26)28-14-18-9-8-16-5-1-2-7-21(16)27-18/h1-12H,13-14,25-26H2. The van der Waals surface area contributed by atoms with Gasteiger partial charge in [-0.2, -0.15) is 0 Å². The van der Waals surface area contributed by atoms with Gasteiger partial charge in [-0.1, -0.05) is 52.3 Å². The molecular formula is C23H20BrN3O. The van der Waals surface area contributed by atoms with E-state index in [9.17, 15) is 0 Å². The van der Waals surface area contributed by atoms with E-state index in [-0.39, 0.29) is 0 Å². The minimum absolute atomic E-state index is 0.361. The fourth-order valence-electron chi connectivity index (χ4n) is 3.17. The van der Waals surface area contributed by atoms with Crippen LogP contribution in [0.15, 0.2) is 77.3 Å². The van der Waals surface area contributed by atoms with E-state index in [1.54, 1.807) is 6.07 Å². The number of rotatable bonds is 5. The number of benzene rings is 3. The van der Waals surface area contributed by atoms with Crippen LogP contribution in [-0.4, -0.2) is 4.98 Å². The van der Waals surface area contributed by atoms with Gasteiger partial charge in [0.25, 0.3) is 0 Å². The van der Waals surface area contributed by atoms with E-state index in [1.165, 1.54) is 0 Å². The molecule has 3 aromatic carbocycles. The Morgan fingerprint density at radius 1 is 0.893 bits per heavy atom. The van der Waals surface area contributed by atoms with Crippen LogP contribution in [0.4, 0.5) is 11.4 Å². The molecule has 1 heterocycles. The summed E-state index contributed by atoms with van der Waals surface area (Å²) in [7, 11) is 0. The largest absolute Gasteiger partial charge is 0.487 e. The molecule has 28 heavy (non-hydrogen) atoms. The number of nitrogens with two attached hydrogens (primary N) is 2. The molecule has 1 aromatic heterocycles. The van der Waals surface area contributed by atoms with Crippen molar-refractivity contribution in [3.63, 3.8) is 0 Å². The van der Waals surface area contributed by atoms with Crippen molar-refractivity contribution in [3.05, 3.63) is 94.1 Å². The Hall–Kier alpha value is -3.05. The summed E-state index contributed by atoms with van der Waals surface area (Å²) in [6.07, 6.45) is 0.636. The zero-order chi connectivity index (χ0) is 19.5. The summed E-state index contributed by atoms with van der Waals surface area (Å²) in [4.78, 5) is 4.67. The van der Waals surface area contributed by atoms with Crippen molar-refractivity contribution in [2.45, 2.75) is 13.0 Å². The summed E-state index contributed by atoms with van der Waals surface area (Å²) in [5.41, 5.74) is 17.3. The van der Waals surface area contributed by atoms with E-state index in [0.29, 0.717) is 24.4 Å². The average Bonchev–Trinajstić information content (AvgIpc) is 2.71. The first kappa shape index (κ1) is 18.3. The second kappa shape index (κ2) is 7.90. The lowest BCUT2D eigenvalue weighted by atomic mass is 10.0. The molecule has 0 aliphatic carbocycles. The molecule has 5 heteroatoms. The van der Waals surface area contributed by atoms with Crippen LogP contribution in [0.25, 0.3) is 10.9 Å². The van der Waals surface area contributed by atoms with Crippen LogP contribution in [0.5, 0.6) is 5.75 Å². The fourth-order valence-corrected chi connectivity index (χ4v) is 3.62. The molecule has 4 nitrogen and oxygen atoms in total. The topological polar surface area (TPSA) is 74.2 Å². The number of nitrogens with zero attached hydrogens (tertiary/aromatic N) is 1. The number of halogens is 1. The highest BCUT2D eigenvalue weighted by Gasteiger charge is 2.12.